The number of amides is 1. The molecule has 0 spiro atoms. The Bertz CT molecular complexity index is 939. The fourth-order valence-electron chi connectivity index (χ4n) is 9.11. The summed E-state index contributed by atoms with van der Waals surface area (Å²) in [5.41, 5.74) is 0. The largest absolute Gasteiger partial charge is 0.394 e. The van der Waals surface area contributed by atoms with E-state index in [1.54, 1.807) is 0 Å². The molecule has 6 N–H and O–H groups in total. The molecule has 1 heterocycles. The summed E-state index contributed by atoms with van der Waals surface area (Å²) in [6.45, 7) is 3.88. The minimum atomic E-state index is -1.55. The maximum absolute atomic E-state index is 13.0. The molecule has 0 aromatic carbocycles. The molecular formula is C53H105NO8. The first-order valence-electron chi connectivity index (χ1n) is 27.2. The second-order valence-corrected chi connectivity index (χ2v) is 19.4. The van der Waals surface area contributed by atoms with Crippen LogP contribution < -0.4 is 5.32 Å². The van der Waals surface area contributed by atoms with E-state index in [1.165, 1.54) is 212 Å². The van der Waals surface area contributed by atoms with Crippen molar-refractivity contribution in [3.05, 3.63) is 0 Å². The molecule has 0 saturated carbocycles. The average Bonchev–Trinajstić information content (AvgIpc) is 3.27. The highest BCUT2D eigenvalue weighted by Gasteiger charge is 2.44. The molecule has 1 rings (SSSR count). The van der Waals surface area contributed by atoms with E-state index >= 15 is 0 Å². The van der Waals surface area contributed by atoms with Crippen molar-refractivity contribution >= 4 is 5.91 Å². The Morgan fingerprint density at radius 3 is 1.15 bits per heavy atom. The molecule has 62 heavy (non-hydrogen) atoms. The summed E-state index contributed by atoms with van der Waals surface area (Å²) in [6, 6.07) is -0.712. The van der Waals surface area contributed by atoms with Gasteiger partial charge in [0.1, 0.15) is 24.4 Å². The standard InChI is InChI=1S/C53H105NO8/c1-3-5-7-9-11-13-15-17-19-21-22-23-24-25-26-27-29-31-33-35-37-39-41-43-49(57)54-46(45-61-53-52(60)51(59)50(58)48(44-55)62-53)47(56)42-40-38-36-34-32-30-28-20-18-16-14-12-10-8-6-4-2/h46-48,50-53,55-56,58-60H,3-45H2,1-2H3,(H,54,57)/t46-,47+,48-,50-,51?,52?,53-/m0/s1. The van der Waals surface area contributed by atoms with Crippen LogP contribution in [0.3, 0.4) is 0 Å². The molecule has 0 aromatic rings. The molecule has 0 radical (unpaired) electrons. The molecule has 0 bridgehead atoms. The number of carbonyl (C=O) groups excluding carboxylic acids is 1. The van der Waals surface area contributed by atoms with Crippen molar-refractivity contribution in [1.82, 2.24) is 5.32 Å². The highest BCUT2D eigenvalue weighted by atomic mass is 16.7. The lowest BCUT2D eigenvalue weighted by molar-refractivity contribution is -0.302. The Kier molecular flexibility index (Phi) is 42.1. The molecule has 9 heteroatoms. The zero-order valence-corrected chi connectivity index (χ0v) is 40.9. The van der Waals surface area contributed by atoms with Gasteiger partial charge in [0.15, 0.2) is 6.29 Å². The Morgan fingerprint density at radius 2 is 0.806 bits per heavy atom. The van der Waals surface area contributed by atoms with Crippen molar-refractivity contribution in [3.63, 3.8) is 0 Å². The van der Waals surface area contributed by atoms with Crippen molar-refractivity contribution < 1.29 is 39.8 Å². The summed E-state index contributed by atoms with van der Waals surface area (Å²) >= 11 is 0. The SMILES string of the molecule is CCCCCCCCCCCCCCCCCCCCCCCCCC(=O)N[C@@H](CO[C@H]1O[C@@H](CO)[C@H](O)C(O)C1O)[C@H](O)CCCCCCCCCCCCCCCCCC. The first-order chi connectivity index (χ1) is 30.3. The zero-order chi connectivity index (χ0) is 45.1. The number of unbranched alkanes of at least 4 members (excludes halogenated alkanes) is 37. The first-order valence-corrected chi connectivity index (χ1v) is 27.2. The summed E-state index contributed by atoms with van der Waals surface area (Å²) in [4.78, 5) is 13.0. The minimum absolute atomic E-state index is 0.131. The topological polar surface area (TPSA) is 149 Å². The Balaban J connectivity index is 2.20. The van der Waals surface area contributed by atoms with Crippen LogP contribution in [-0.2, 0) is 14.3 Å². The minimum Gasteiger partial charge on any atom is -0.394 e. The fourth-order valence-corrected chi connectivity index (χ4v) is 9.11. The number of ether oxygens (including phenoxy) is 2. The summed E-state index contributed by atoms with van der Waals surface area (Å²) in [5.74, 6) is -0.137. The highest BCUT2D eigenvalue weighted by molar-refractivity contribution is 5.76. The van der Waals surface area contributed by atoms with Gasteiger partial charge < -0.3 is 40.3 Å². The molecule has 1 amide bonds. The lowest BCUT2D eigenvalue weighted by atomic mass is 9.99. The average molecular weight is 884 g/mol. The van der Waals surface area contributed by atoms with E-state index in [0.717, 1.165) is 38.5 Å². The van der Waals surface area contributed by atoms with Crippen LogP contribution in [-0.4, -0.2) is 87.5 Å². The van der Waals surface area contributed by atoms with E-state index in [2.05, 4.69) is 19.2 Å². The summed E-state index contributed by atoms with van der Waals surface area (Å²) in [5, 5.41) is 54.6. The maximum atomic E-state index is 13.0. The van der Waals surface area contributed by atoms with Gasteiger partial charge in [-0.3, -0.25) is 4.79 Å². The van der Waals surface area contributed by atoms with Gasteiger partial charge in [-0.15, -0.1) is 0 Å². The summed E-state index contributed by atoms with van der Waals surface area (Å²) < 4.78 is 11.3. The summed E-state index contributed by atoms with van der Waals surface area (Å²) in [6.07, 6.45) is 44.1. The molecule has 0 aromatic heterocycles. The second-order valence-electron chi connectivity index (χ2n) is 19.4. The van der Waals surface area contributed by atoms with E-state index in [-0.39, 0.29) is 12.5 Å². The van der Waals surface area contributed by atoms with Crippen LogP contribution >= 0.6 is 0 Å². The number of nitrogens with one attached hydrogen (secondary N) is 1. The third-order valence-corrected chi connectivity index (χ3v) is 13.5. The van der Waals surface area contributed by atoms with E-state index in [4.69, 9.17) is 9.47 Å². The van der Waals surface area contributed by atoms with Crippen LogP contribution in [0.15, 0.2) is 0 Å². The van der Waals surface area contributed by atoms with Crippen molar-refractivity contribution in [2.75, 3.05) is 13.2 Å². The molecule has 1 aliphatic rings. The molecule has 1 fully saturated rings. The summed E-state index contributed by atoms with van der Waals surface area (Å²) in [7, 11) is 0. The molecular weight excluding hydrogens is 779 g/mol. The zero-order valence-electron chi connectivity index (χ0n) is 40.9. The molecule has 2 unspecified atom stereocenters. The Labute approximate surface area is 383 Å². The first kappa shape index (κ1) is 59.2. The Hall–Kier alpha value is -0.810. The van der Waals surface area contributed by atoms with Gasteiger partial charge in [-0.25, -0.2) is 0 Å². The van der Waals surface area contributed by atoms with E-state index in [9.17, 15) is 30.3 Å². The predicted octanol–water partition coefficient (Wildman–Crippen LogP) is 12.7. The number of hydrogen-bond donors (Lipinski definition) is 6. The van der Waals surface area contributed by atoms with Gasteiger partial charge >= 0.3 is 0 Å². The molecule has 370 valence electrons. The smallest absolute Gasteiger partial charge is 0.220 e. The van der Waals surface area contributed by atoms with Crippen molar-refractivity contribution in [1.29, 1.82) is 0 Å². The number of carbonyl (C=O) groups is 1. The predicted molar refractivity (Wildman–Crippen MR) is 258 cm³/mol. The quantitative estimate of drug-likeness (QED) is 0.0331. The van der Waals surface area contributed by atoms with Gasteiger partial charge in [-0.05, 0) is 12.8 Å². The molecule has 9 nitrogen and oxygen atoms in total. The molecule has 7 atom stereocenters. The van der Waals surface area contributed by atoms with Crippen molar-refractivity contribution in [3.8, 4) is 0 Å². The van der Waals surface area contributed by atoms with Crippen LogP contribution in [0, 0.1) is 0 Å². The second kappa shape index (κ2) is 44.0. The third kappa shape index (κ3) is 33.6. The number of rotatable bonds is 47. The van der Waals surface area contributed by atoms with Gasteiger partial charge in [0, 0.05) is 6.42 Å². The van der Waals surface area contributed by atoms with Gasteiger partial charge in [-0.1, -0.05) is 258 Å². The molecule has 1 saturated heterocycles. The fraction of sp³-hybridized carbons (Fsp3) is 0.981. The maximum Gasteiger partial charge on any atom is 0.220 e. The van der Waals surface area contributed by atoms with Crippen LogP contribution in [0.2, 0.25) is 0 Å². The van der Waals surface area contributed by atoms with Crippen molar-refractivity contribution in [2.45, 2.75) is 320 Å². The van der Waals surface area contributed by atoms with E-state index in [1.807, 2.05) is 0 Å². The van der Waals surface area contributed by atoms with Gasteiger partial charge in [0.2, 0.25) is 5.91 Å². The highest BCUT2D eigenvalue weighted by Crippen LogP contribution is 2.23. The molecule has 0 aliphatic carbocycles. The monoisotopic (exact) mass is 884 g/mol. The van der Waals surface area contributed by atoms with Crippen LogP contribution in [0.4, 0.5) is 0 Å². The normalized spacial score (nSPS) is 20.1. The lowest BCUT2D eigenvalue weighted by Gasteiger charge is -2.40. The number of aliphatic hydroxyl groups is 5. The third-order valence-electron chi connectivity index (χ3n) is 13.5. The lowest BCUT2D eigenvalue weighted by Crippen LogP contribution is -2.60. The van der Waals surface area contributed by atoms with Crippen LogP contribution in [0.1, 0.15) is 277 Å². The van der Waals surface area contributed by atoms with E-state index in [0.29, 0.717) is 12.8 Å². The van der Waals surface area contributed by atoms with Crippen LogP contribution in [0.25, 0.3) is 0 Å². The van der Waals surface area contributed by atoms with E-state index < -0.39 is 49.5 Å². The van der Waals surface area contributed by atoms with Gasteiger partial charge in [0.05, 0.1) is 25.4 Å². The molecule has 1 aliphatic heterocycles. The number of aliphatic hydroxyl groups excluding tert-OH is 5. The van der Waals surface area contributed by atoms with Gasteiger partial charge in [-0.2, -0.15) is 0 Å². The van der Waals surface area contributed by atoms with Gasteiger partial charge in [0.25, 0.3) is 0 Å². The Morgan fingerprint density at radius 1 is 0.484 bits per heavy atom. The van der Waals surface area contributed by atoms with Crippen molar-refractivity contribution in [2.24, 2.45) is 0 Å². The van der Waals surface area contributed by atoms with Crippen LogP contribution in [0.5, 0.6) is 0 Å². The number of hydrogen-bond acceptors (Lipinski definition) is 8.